The zero-order valence-electron chi connectivity index (χ0n) is 14.6. The van der Waals surface area contributed by atoms with Crippen molar-refractivity contribution in [1.29, 1.82) is 0 Å². The first kappa shape index (κ1) is 19.5. The zero-order chi connectivity index (χ0) is 18.3. The molecule has 0 bridgehead atoms. The highest BCUT2D eigenvalue weighted by molar-refractivity contribution is 7.92. The summed E-state index contributed by atoms with van der Waals surface area (Å²) >= 11 is 0. The van der Waals surface area contributed by atoms with E-state index in [9.17, 15) is 13.2 Å². The van der Waals surface area contributed by atoms with E-state index < -0.39 is 22.2 Å². The number of carbonyl (C=O) groups excluding carboxylic acids is 1. The van der Waals surface area contributed by atoms with Gasteiger partial charge in [-0.15, -0.1) is 0 Å². The molecule has 0 aliphatic carbocycles. The molecule has 0 fully saturated rings. The lowest BCUT2D eigenvalue weighted by Crippen LogP contribution is -2.45. The number of carbonyl (C=O) groups is 1. The van der Waals surface area contributed by atoms with Crippen molar-refractivity contribution >= 4 is 16.1 Å². The molecule has 1 amide bonds. The molecule has 0 N–H and O–H groups in total. The van der Waals surface area contributed by atoms with E-state index in [-0.39, 0.29) is 19.1 Å². The number of rotatable bonds is 6. The molecular weight excluding hydrogens is 342 g/mol. The lowest BCUT2D eigenvalue weighted by molar-refractivity contribution is 0.0593. The number of benzene rings is 1. The number of sulfonamides is 1. The van der Waals surface area contributed by atoms with Crippen LogP contribution in [0.5, 0.6) is 0 Å². The van der Waals surface area contributed by atoms with Gasteiger partial charge in [0.05, 0.1) is 25.9 Å². The third kappa shape index (κ3) is 5.86. The number of nitrogens with zero attached hydrogens (tertiary/aromatic N) is 1. The van der Waals surface area contributed by atoms with Crippen molar-refractivity contribution in [2.24, 2.45) is 5.92 Å². The van der Waals surface area contributed by atoms with Gasteiger partial charge in [0.15, 0.2) is 0 Å². The van der Waals surface area contributed by atoms with Gasteiger partial charge in [-0.05, 0) is 24.3 Å². The van der Waals surface area contributed by atoms with Gasteiger partial charge in [0.2, 0.25) is 0 Å². The van der Waals surface area contributed by atoms with Crippen LogP contribution in [0, 0.1) is 5.92 Å². The first-order valence-corrected chi connectivity index (χ1v) is 9.90. The average molecular weight is 367 g/mol. The number of hydrogen-bond donors (Lipinski definition) is 0. The van der Waals surface area contributed by atoms with Crippen LogP contribution in [0.25, 0.3) is 0 Å². The summed E-state index contributed by atoms with van der Waals surface area (Å²) in [6.45, 7) is 4.45. The second-order valence-electron chi connectivity index (χ2n) is 6.42. The van der Waals surface area contributed by atoms with Crippen LogP contribution in [0.15, 0.2) is 41.8 Å². The Morgan fingerprint density at radius 2 is 2.00 bits per heavy atom. The van der Waals surface area contributed by atoms with E-state index in [0.29, 0.717) is 19.4 Å². The monoisotopic (exact) mass is 367 g/mol. The second-order valence-corrected chi connectivity index (χ2v) is 8.11. The van der Waals surface area contributed by atoms with Gasteiger partial charge in [0, 0.05) is 5.41 Å². The van der Waals surface area contributed by atoms with Gasteiger partial charge in [-0.3, -0.25) is 0 Å². The molecule has 1 aromatic carbocycles. The molecule has 1 aliphatic rings. The van der Waals surface area contributed by atoms with E-state index >= 15 is 0 Å². The van der Waals surface area contributed by atoms with Crippen LogP contribution in [-0.2, 0) is 26.1 Å². The van der Waals surface area contributed by atoms with Crippen molar-refractivity contribution in [3.05, 3.63) is 47.4 Å². The minimum Gasteiger partial charge on any atom is -0.448 e. The summed E-state index contributed by atoms with van der Waals surface area (Å²) < 4.78 is 36.5. The third-order valence-electron chi connectivity index (χ3n) is 3.68. The average Bonchev–Trinajstić information content (AvgIpc) is 2.71. The van der Waals surface area contributed by atoms with Crippen LogP contribution in [0.3, 0.4) is 0 Å². The Labute approximate surface area is 149 Å². The molecule has 1 atom stereocenters. The molecular formula is C18H25NO5S. The summed E-state index contributed by atoms with van der Waals surface area (Å²) in [5.74, 6) is 0.127. The number of ether oxygens (including phenoxy) is 2. The molecule has 0 aromatic heterocycles. The molecule has 0 spiro atoms. The minimum absolute atomic E-state index is 0.127. The second kappa shape index (κ2) is 9.01. The van der Waals surface area contributed by atoms with Gasteiger partial charge in [0.25, 0.3) is 10.0 Å². The van der Waals surface area contributed by atoms with Crippen molar-refractivity contribution in [3.63, 3.8) is 0 Å². The number of hydrogen-bond acceptors (Lipinski definition) is 5. The number of amides is 1. The Kier molecular flexibility index (Phi) is 7.01. The summed E-state index contributed by atoms with van der Waals surface area (Å²) in [7, 11) is -3.85. The maximum absolute atomic E-state index is 12.4. The standard InChI is InChI=1S/C18H25NO5S/c1-15(2)12-24-18(20)19-17(10-6-7-11-25(19,21)22)14-23-13-16-8-4-3-5-9-16/h3-5,7-9,11,15,17H,6,10,12-14H2,1-2H3/t17-/m1/s1. The molecule has 0 saturated carbocycles. The Hall–Kier alpha value is -1.86. The summed E-state index contributed by atoms with van der Waals surface area (Å²) in [6, 6.07) is 9.02. The predicted molar refractivity (Wildman–Crippen MR) is 95.2 cm³/mol. The minimum atomic E-state index is -3.85. The Bertz CT molecular complexity index is 685. The Morgan fingerprint density at radius 3 is 2.68 bits per heavy atom. The maximum atomic E-state index is 12.4. The van der Waals surface area contributed by atoms with Crippen LogP contribution in [-0.4, -0.2) is 38.1 Å². The molecule has 0 radical (unpaired) electrons. The van der Waals surface area contributed by atoms with Crippen LogP contribution in [0.2, 0.25) is 0 Å². The van der Waals surface area contributed by atoms with Crippen LogP contribution < -0.4 is 0 Å². The number of allylic oxidation sites excluding steroid dienone is 1. The first-order valence-electron chi connectivity index (χ1n) is 8.39. The topological polar surface area (TPSA) is 72.9 Å². The summed E-state index contributed by atoms with van der Waals surface area (Å²) in [6.07, 6.45) is 1.79. The Morgan fingerprint density at radius 1 is 1.28 bits per heavy atom. The van der Waals surface area contributed by atoms with Crippen LogP contribution in [0.4, 0.5) is 4.79 Å². The zero-order valence-corrected chi connectivity index (χ0v) is 15.4. The lowest BCUT2D eigenvalue weighted by Gasteiger charge is -2.28. The smallest absolute Gasteiger partial charge is 0.424 e. The fraction of sp³-hybridized carbons (Fsp3) is 0.500. The van der Waals surface area contributed by atoms with Crippen molar-refractivity contribution in [2.75, 3.05) is 13.2 Å². The quantitative estimate of drug-likeness (QED) is 0.771. The van der Waals surface area contributed by atoms with E-state index in [1.54, 1.807) is 6.08 Å². The van der Waals surface area contributed by atoms with Gasteiger partial charge in [-0.25, -0.2) is 13.2 Å². The van der Waals surface area contributed by atoms with Crippen LogP contribution in [0.1, 0.15) is 32.3 Å². The molecule has 138 valence electrons. The van der Waals surface area contributed by atoms with Gasteiger partial charge in [-0.2, -0.15) is 4.31 Å². The molecule has 25 heavy (non-hydrogen) atoms. The summed E-state index contributed by atoms with van der Waals surface area (Å²) in [4.78, 5) is 12.3. The molecule has 0 saturated heterocycles. The van der Waals surface area contributed by atoms with E-state index in [1.165, 1.54) is 0 Å². The van der Waals surface area contributed by atoms with Gasteiger partial charge >= 0.3 is 6.09 Å². The predicted octanol–water partition coefficient (Wildman–Crippen LogP) is 3.30. The first-order chi connectivity index (χ1) is 11.9. The highest BCUT2D eigenvalue weighted by atomic mass is 32.2. The molecule has 1 aromatic rings. The highest BCUT2D eigenvalue weighted by Crippen LogP contribution is 2.21. The highest BCUT2D eigenvalue weighted by Gasteiger charge is 2.35. The van der Waals surface area contributed by atoms with Gasteiger partial charge < -0.3 is 9.47 Å². The SMILES string of the molecule is CC(C)COC(=O)N1[C@@H](COCc2ccccc2)CCC=CS1(=O)=O. The molecule has 1 aliphatic heterocycles. The van der Waals surface area contributed by atoms with Gasteiger partial charge in [-0.1, -0.05) is 50.3 Å². The normalized spacial score (nSPS) is 19.6. The van der Waals surface area contributed by atoms with E-state index in [0.717, 1.165) is 15.3 Å². The summed E-state index contributed by atoms with van der Waals surface area (Å²) in [5, 5.41) is 1.07. The fourth-order valence-electron chi connectivity index (χ4n) is 2.46. The third-order valence-corrected chi connectivity index (χ3v) is 5.21. The van der Waals surface area contributed by atoms with Crippen LogP contribution >= 0.6 is 0 Å². The fourth-order valence-corrected chi connectivity index (χ4v) is 3.81. The molecule has 6 nitrogen and oxygen atoms in total. The Balaban J connectivity index is 2.05. The lowest BCUT2D eigenvalue weighted by atomic mass is 10.1. The largest absolute Gasteiger partial charge is 0.448 e. The van der Waals surface area contributed by atoms with Crippen molar-refractivity contribution in [1.82, 2.24) is 4.31 Å². The maximum Gasteiger partial charge on any atom is 0.424 e. The van der Waals surface area contributed by atoms with Crippen molar-refractivity contribution in [2.45, 2.75) is 39.3 Å². The molecule has 0 unspecified atom stereocenters. The van der Waals surface area contributed by atoms with Crippen molar-refractivity contribution in [3.8, 4) is 0 Å². The summed E-state index contributed by atoms with van der Waals surface area (Å²) in [5.41, 5.74) is 0.992. The van der Waals surface area contributed by atoms with Gasteiger partial charge in [0.1, 0.15) is 0 Å². The van der Waals surface area contributed by atoms with E-state index in [1.807, 2.05) is 44.2 Å². The molecule has 1 heterocycles. The molecule has 2 rings (SSSR count). The van der Waals surface area contributed by atoms with Crippen molar-refractivity contribution < 1.29 is 22.7 Å². The molecule has 7 heteroatoms. The van der Waals surface area contributed by atoms with E-state index in [2.05, 4.69) is 0 Å². The van der Waals surface area contributed by atoms with E-state index in [4.69, 9.17) is 9.47 Å².